The molecule has 1 aliphatic rings. The smallest absolute Gasteiger partial charge is 0.307 e. The predicted molar refractivity (Wildman–Crippen MR) is 128 cm³/mol. The Labute approximate surface area is 196 Å². The minimum atomic E-state index is -0.392. The number of esters is 1. The molecule has 0 fully saturated rings. The van der Waals surface area contributed by atoms with Gasteiger partial charge >= 0.3 is 5.97 Å². The molecule has 178 valence electrons. The first-order valence-corrected chi connectivity index (χ1v) is 11.4. The van der Waals surface area contributed by atoms with Crippen LogP contribution in [0, 0.1) is 0 Å². The lowest BCUT2D eigenvalue weighted by atomic mass is 9.86. The number of hydrogen-bond donors (Lipinski definition) is 0. The van der Waals surface area contributed by atoms with Crippen molar-refractivity contribution in [2.75, 3.05) is 27.9 Å². The van der Waals surface area contributed by atoms with Gasteiger partial charge in [0.2, 0.25) is 5.91 Å². The summed E-state index contributed by atoms with van der Waals surface area (Å²) in [6.07, 6.45) is 1.84. The Balaban J connectivity index is 1.80. The standard InChI is InChI=1S/C27H35NO5/c1-27(2,3)20-10-7-18(8-11-20)9-12-25(29)28-14-13-19-15-23(31-4)24(32-5)16-21(19)22(28)17-26(30)33-6/h7-8,10-11,15-16,22H,9,12-14,17H2,1-6H3. The van der Waals surface area contributed by atoms with E-state index in [1.807, 2.05) is 17.0 Å². The highest BCUT2D eigenvalue weighted by Crippen LogP contribution is 2.40. The minimum Gasteiger partial charge on any atom is -0.493 e. The molecule has 1 heterocycles. The maximum absolute atomic E-state index is 13.3. The first kappa shape index (κ1) is 24.6. The average molecular weight is 454 g/mol. The van der Waals surface area contributed by atoms with E-state index in [0.29, 0.717) is 37.3 Å². The summed E-state index contributed by atoms with van der Waals surface area (Å²) in [5, 5.41) is 0. The molecule has 0 N–H and O–H groups in total. The van der Waals surface area contributed by atoms with Crippen LogP contribution in [0.4, 0.5) is 0 Å². The van der Waals surface area contributed by atoms with E-state index < -0.39 is 6.04 Å². The van der Waals surface area contributed by atoms with E-state index in [-0.39, 0.29) is 23.7 Å². The molecule has 0 spiro atoms. The highest BCUT2D eigenvalue weighted by atomic mass is 16.5. The van der Waals surface area contributed by atoms with Crippen molar-refractivity contribution in [3.05, 3.63) is 58.7 Å². The maximum atomic E-state index is 13.3. The van der Waals surface area contributed by atoms with E-state index >= 15 is 0 Å². The first-order chi connectivity index (χ1) is 15.7. The van der Waals surface area contributed by atoms with Crippen molar-refractivity contribution in [1.29, 1.82) is 0 Å². The van der Waals surface area contributed by atoms with Crippen molar-refractivity contribution in [2.24, 2.45) is 0 Å². The molecule has 0 saturated heterocycles. The molecule has 2 aromatic rings. The summed E-state index contributed by atoms with van der Waals surface area (Å²) < 4.78 is 15.8. The van der Waals surface area contributed by atoms with E-state index in [1.165, 1.54) is 12.7 Å². The third-order valence-corrected chi connectivity index (χ3v) is 6.36. The first-order valence-electron chi connectivity index (χ1n) is 11.4. The number of methoxy groups -OCH3 is 3. The summed E-state index contributed by atoms with van der Waals surface area (Å²) >= 11 is 0. The van der Waals surface area contributed by atoms with Gasteiger partial charge in [-0.05, 0) is 52.6 Å². The van der Waals surface area contributed by atoms with Crippen LogP contribution in [0.2, 0.25) is 0 Å². The molecule has 0 bridgehead atoms. The fourth-order valence-electron chi connectivity index (χ4n) is 4.35. The number of carbonyl (C=O) groups excluding carboxylic acids is 2. The van der Waals surface area contributed by atoms with Crippen molar-refractivity contribution in [3.63, 3.8) is 0 Å². The normalized spacial score (nSPS) is 15.6. The maximum Gasteiger partial charge on any atom is 0.307 e. The number of ether oxygens (including phenoxy) is 3. The van der Waals surface area contributed by atoms with E-state index in [9.17, 15) is 9.59 Å². The molecule has 1 unspecified atom stereocenters. The van der Waals surface area contributed by atoms with Gasteiger partial charge in [-0.1, -0.05) is 45.0 Å². The molecule has 33 heavy (non-hydrogen) atoms. The number of nitrogens with zero attached hydrogens (tertiary/aromatic N) is 1. The van der Waals surface area contributed by atoms with E-state index in [2.05, 4.69) is 45.0 Å². The van der Waals surface area contributed by atoms with Gasteiger partial charge in [0.25, 0.3) is 0 Å². The zero-order valence-electron chi connectivity index (χ0n) is 20.6. The molecule has 0 saturated carbocycles. The van der Waals surface area contributed by atoms with E-state index in [1.54, 1.807) is 14.2 Å². The molecule has 6 heteroatoms. The van der Waals surface area contributed by atoms with Crippen LogP contribution in [-0.2, 0) is 32.6 Å². The molecular weight excluding hydrogens is 418 g/mol. The number of fused-ring (bicyclic) bond motifs is 1. The van der Waals surface area contributed by atoms with Crippen LogP contribution in [0.5, 0.6) is 11.5 Å². The van der Waals surface area contributed by atoms with Crippen LogP contribution in [0.25, 0.3) is 0 Å². The zero-order valence-corrected chi connectivity index (χ0v) is 20.6. The highest BCUT2D eigenvalue weighted by molar-refractivity contribution is 5.79. The molecule has 6 nitrogen and oxygen atoms in total. The molecule has 0 radical (unpaired) electrons. The van der Waals surface area contributed by atoms with Gasteiger partial charge < -0.3 is 19.1 Å². The second-order valence-electron chi connectivity index (χ2n) is 9.49. The van der Waals surface area contributed by atoms with Gasteiger partial charge in [0.1, 0.15) is 0 Å². The lowest BCUT2D eigenvalue weighted by Crippen LogP contribution is -2.41. The Morgan fingerprint density at radius 1 is 1.00 bits per heavy atom. The van der Waals surface area contributed by atoms with Crippen LogP contribution >= 0.6 is 0 Å². The molecule has 1 aliphatic heterocycles. The van der Waals surface area contributed by atoms with Crippen molar-refractivity contribution >= 4 is 11.9 Å². The fraction of sp³-hybridized carbons (Fsp3) is 0.481. The Hall–Kier alpha value is -3.02. The summed E-state index contributed by atoms with van der Waals surface area (Å²) in [5.41, 5.74) is 4.47. The van der Waals surface area contributed by atoms with Gasteiger partial charge in [-0.2, -0.15) is 0 Å². The van der Waals surface area contributed by atoms with Crippen molar-refractivity contribution in [2.45, 2.75) is 57.9 Å². The summed E-state index contributed by atoms with van der Waals surface area (Å²) in [6, 6.07) is 11.9. The highest BCUT2D eigenvalue weighted by Gasteiger charge is 2.33. The second-order valence-corrected chi connectivity index (χ2v) is 9.49. The van der Waals surface area contributed by atoms with Crippen LogP contribution in [-0.4, -0.2) is 44.7 Å². The molecule has 3 rings (SSSR count). The van der Waals surface area contributed by atoms with Gasteiger partial charge in [0.15, 0.2) is 11.5 Å². The van der Waals surface area contributed by atoms with Crippen molar-refractivity contribution in [1.82, 2.24) is 4.90 Å². The number of benzene rings is 2. The predicted octanol–water partition coefficient (Wildman–Crippen LogP) is 4.62. The largest absolute Gasteiger partial charge is 0.493 e. The van der Waals surface area contributed by atoms with Crippen LogP contribution in [0.1, 0.15) is 61.9 Å². The molecule has 0 aromatic heterocycles. The number of rotatable bonds is 7. The molecule has 1 atom stereocenters. The molecule has 1 amide bonds. The monoisotopic (exact) mass is 453 g/mol. The average Bonchev–Trinajstić information content (AvgIpc) is 2.81. The Morgan fingerprint density at radius 2 is 1.64 bits per heavy atom. The third kappa shape index (κ3) is 5.67. The zero-order chi connectivity index (χ0) is 24.2. The molecule has 0 aliphatic carbocycles. The molecule has 2 aromatic carbocycles. The van der Waals surface area contributed by atoms with Gasteiger partial charge in [-0.15, -0.1) is 0 Å². The van der Waals surface area contributed by atoms with Crippen molar-refractivity contribution in [3.8, 4) is 11.5 Å². The summed E-state index contributed by atoms with van der Waals surface area (Å²) in [6.45, 7) is 7.11. The Morgan fingerprint density at radius 3 is 2.21 bits per heavy atom. The van der Waals surface area contributed by atoms with Gasteiger partial charge in [0.05, 0.1) is 33.8 Å². The number of aryl methyl sites for hydroxylation is 1. The lowest BCUT2D eigenvalue weighted by molar-refractivity contribution is -0.144. The lowest BCUT2D eigenvalue weighted by Gasteiger charge is -2.37. The third-order valence-electron chi connectivity index (χ3n) is 6.36. The van der Waals surface area contributed by atoms with E-state index in [4.69, 9.17) is 14.2 Å². The van der Waals surface area contributed by atoms with Crippen LogP contribution < -0.4 is 9.47 Å². The summed E-state index contributed by atoms with van der Waals surface area (Å²) in [5.74, 6) is 0.911. The Kier molecular flexibility index (Phi) is 7.67. The van der Waals surface area contributed by atoms with E-state index in [0.717, 1.165) is 16.7 Å². The fourth-order valence-corrected chi connectivity index (χ4v) is 4.35. The Bertz CT molecular complexity index is 991. The quantitative estimate of drug-likeness (QED) is 0.572. The number of amides is 1. The van der Waals surface area contributed by atoms with Crippen LogP contribution in [0.3, 0.4) is 0 Å². The summed E-state index contributed by atoms with van der Waals surface area (Å²) in [7, 11) is 4.55. The van der Waals surface area contributed by atoms with Crippen LogP contribution in [0.15, 0.2) is 36.4 Å². The molecular formula is C27H35NO5. The second kappa shape index (κ2) is 10.3. The topological polar surface area (TPSA) is 65.1 Å². The number of carbonyl (C=O) groups is 2. The van der Waals surface area contributed by atoms with Gasteiger partial charge in [-0.3, -0.25) is 9.59 Å². The van der Waals surface area contributed by atoms with Gasteiger partial charge in [-0.25, -0.2) is 0 Å². The SMILES string of the molecule is COC(=O)CC1c2cc(OC)c(OC)cc2CCN1C(=O)CCc1ccc(C(C)(C)C)cc1. The minimum absolute atomic E-state index is 0.0317. The van der Waals surface area contributed by atoms with Crippen molar-refractivity contribution < 1.29 is 23.8 Å². The number of hydrogen-bond acceptors (Lipinski definition) is 5. The summed E-state index contributed by atoms with van der Waals surface area (Å²) in [4.78, 5) is 27.3. The van der Waals surface area contributed by atoms with Gasteiger partial charge in [0, 0.05) is 13.0 Å².